The van der Waals surface area contributed by atoms with Crippen molar-refractivity contribution in [2.75, 3.05) is 19.0 Å². The summed E-state index contributed by atoms with van der Waals surface area (Å²) in [4.78, 5) is 13.4. The number of morpholine rings is 1. The van der Waals surface area contributed by atoms with Crippen molar-refractivity contribution in [2.24, 2.45) is 0 Å². The van der Waals surface area contributed by atoms with Gasteiger partial charge in [0.2, 0.25) is 5.91 Å². The Kier molecular flexibility index (Phi) is 4.26. The molecule has 1 heterocycles. The van der Waals surface area contributed by atoms with E-state index in [-0.39, 0.29) is 18.6 Å². The predicted molar refractivity (Wildman–Crippen MR) is 67.3 cm³/mol. The van der Waals surface area contributed by atoms with E-state index in [0.717, 1.165) is 5.56 Å². The van der Waals surface area contributed by atoms with E-state index in [1.165, 1.54) is 0 Å². The van der Waals surface area contributed by atoms with Gasteiger partial charge in [0.25, 0.3) is 0 Å². The smallest absolute Gasteiger partial charge is 0.248 e. The van der Waals surface area contributed by atoms with E-state index < -0.39 is 0 Å². The van der Waals surface area contributed by atoms with Crippen LogP contribution in [0.25, 0.3) is 0 Å². The monoisotopic (exact) mass is 273 g/mol. The molecule has 0 aromatic heterocycles. The van der Waals surface area contributed by atoms with Gasteiger partial charge in [-0.15, -0.1) is 11.6 Å². The van der Waals surface area contributed by atoms with Crippen LogP contribution in [-0.4, -0.2) is 35.9 Å². The Bertz CT molecular complexity index is 394. The molecule has 1 amide bonds. The quantitative estimate of drug-likeness (QED) is 0.791. The van der Waals surface area contributed by atoms with Crippen LogP contribution in [-0.2, 0) is 16.1 Å². The van der Waals surface area contributed by atoms with Crippen LogP contribution in [0, 0.1) is 0 Å². The van der Waals surface area contributed by atoms with E-state index in [0.29, 0.717) is 24.0 Å². The number of halogens is 2. The number of alkyl halides is 1. The standard InChI is InChI=1S/C12H13Cl2NO2/c13-5-11-7-15(12(16)8-17-11)6-9-1-3-10(14)4-2-9/h1-4,11H,5-8H2. The second-order valence-electron chi connectivity index (χ2n) is 3.99. The number of hydrogen-bond acceptors (Lipinski definition) is 2. The van der Waals surface area contributed by atoms with Crippen molar-refractivity contribution in [1.29, 1.82) is 0 Å². The lowest BCUT2D eigenvalue weighted by atomic mass is 10.2. The van der Waals surface area contributed by atoms with Crippen LogP contribution in [0.5, 0.6) is 0 Å². The molecule has 1 aromatic carbocycles. The van der Waals surface area contributed by atoms with Gasteiger partial charge in [-0.2, -0.15) is 0 Å². The minimum Gasteiger partial charge on any atom is -0.365 e. The molecule has 0 bridgehead atoms. The molecule has 1 aromatic rings. The van der Waals surface area contributed by atoms with Crippen LogP contribution in [0.4, 0.5) is 0 Å². The van der Waals surface area contributed by atoms with E-state index in [4.69, 9.17) is 27.9 Å². The molecule has 3 nitrogen and oxygen atoms in total. The lowest BCUT2D eigenvalue weighted by molar-refractivity contribution is -0.148. The lowest BCUT2D eigenvalue weighted by Gasteiger charge is -2.31. The summed E-state index contributed by atoms with van der Waals surface area (Å²) in [6.45, 7) is 1.24. The van der Waals surface area contributed by atoms with Crippen molar-refractivity contribution in [1.82, 2.24) is 4.90 Å². The Morgan fingerprint density at radius 2 is 2.06 bits per heavy atom. The largest absolute Gasteiger partial charge is 0.365 e. The van der Waals surface area contributed by atoms with E-state index in [9.17, 15) is 4.79 Å². The third-order valence-corrected chi connectivity index (χ3v) is 3.27. The normalized spacial score (nSPS) is 20.7. The molecule has 0 radical (unpaired) electrons. The van der Waals surface area contributed by atoms with E-state index in [1.54, 1.807) is 4.90 Å². The Balaban J connectivity index is 2.01. The molecule has 1 aliphatic heterocycles. The van der Waals surface area contributed by atoms with Gasteiger partial charge in [-0.25, -0.2) is 0 Å². The van der Waals surface area contributed by atoms with Gasteiger partial charge in [0.1, 0.15) is 6.61 Å². The first-order chi connectivity index (χ1) is 8.19. The Morgan fingerprint density at radius 1 is 1.35 bits per heavy atom. The zero-order valence-corrected chi connectivity index (χ0v) is 10.7. The van der Waals surface area contributed by atoms with Crippen molar-refractivity contribution in [2.45, 2.75) is 12.6 Å². The summed E-state index contributed by atoms with van der Waals surface area (Å²) in [5.74, 6) is 0.408. The molecule has 0 aliphatic carbocycles. The summed E-state index contributed by atoms with van der Waals surface area (Å²) in [7, 11) is 0. The highest BCUT2D eigenvalue weighted by Crippen LogP contribution is 2.14. The number of benzene rings is 1. The van der Waals surface area contributed by atoms with Gasteiger partial charge < -0.3 is 9.64 Å². The average molecular weight is 274 g/mol. The van der Waals surface area contributed by atoms with Crippen LogP contribution in [0.15, 0.2) is 24.3 Å². The number of nitrogens with zero attached hydrogens (tertiary/aromatic N) is 1. The number of carbonyl (C=O) groups is 1. The van der Waals surface area contributed by atoms with Gasteiger partial charge in [0, 0.05) is 18.1 Å². The number of hydrogen-bond donors (Lipinski definition) is 0. The van der Waals surface area contributed by atoms with Crippen molar-refractivity contribution < 1.29 is 9.53 Å². The van der Waals surface area contributed by atoms with Crippen LogP contribution < -0.4 is 0 Å². The van der Waals surface area contributed by atoms with Crippen molar-refractivity contribution in [3.8, 4) is 0 Å². The lowest BCUT2D eigenvalue weighted by Crippen LogP contribution is -2.46. The van der Waals surface area contributed by atoms with Crippen LogP contribution in [0.2, 0.25) is 5.02 Å². The molecule has 5 heteroatoms. The number of rotatable bonds is 3. The van der Waals surface area contributed by atoms with Gasteiger partial charge in [-0.05, 0) is 17.7 Å². The first-order valence-corrected chi connectivity index (χ1v) is 6.30. The van der Waals surface area contributed by atoms with Crippen LogP contribution in [0.3, 0.4) is 0 Å². The molecule has 1 aliphatic rings. The Morgan fingerprint density at radius 3 is 2.71 bits per heavy atom. The molecule has 0 saturated carbocycles. The first-order valence-electron chi connectivity index (χ1n) is 5.39. The zero-order valence-electron chi connectivity index (χ0n) is 9.23. The molecule has 1 fully saturated rings. The molecule has 1 unspecified atom stereocenters. The zero-order chi connectivity index (χ0) is 12.3. The molecule has 2 rings (SSSR count). The molecular weight excluding hydrogens is 261 g/mol. The van der Waals surface area contributed by atoms with E-state index in [2.05, 4.69) is 0 Å². The molecule has 0 spiro atoms. The van der Waals surface area contributed by atoms with Gasteiger partial charge in [0.15, 0.2) is 0 Å². The summed E-state index contributed by atoms with van der Waals surface area (Å²) < 4.78 is 5.28. The second kappa shape index (κ2) is 5.71. The predicted octanol–water partition coefficient (Wildman–Crippen LogP) is 2.31. The Labute approximate surface area is 110 Å². The molecule has 1 saturated heterocycles. The summed E-state index contributed by atoms with van der Waals surface area (Å²) in [6.07, 6.45) is -0.0679. The SMILES string of the molecule is O=C1COC(CCl)CN1Cc1ccc(Cl)cc1. The molecule has 0 N–H and O–H groups in total. The average Bonchev–Trinajstić information content (AvgIpc) is 2.35. The van der Waals surface area contributed by atoms with Crippen molar-refractivity contribution in [3.63, 3.8) is 0 Å². The van der Waals surface area contributed by atoms with Crippen molar-refractivity contribution >= 4 is 29.1 Å². The van der Waals surface area contributed by atoms with E-state index >= 15 is 0 Å². The molecule has 17 heavy (non-hydrogen) atoms. The second-order valence-corrected chi connectivity index (χ2v) is 4.73. The Hall–Kier alpha value is -0.770. The third-order valence-electron chi connectivity index (χ3n) is 2.68. The topological polar surface area (TPSA) is 29.5 Å². The molecule has 92 valence electrons. The summed E-state index contributed by atoms with van der Waals surface area (Å²) in [5, 5.41) is 0.695. The highest BCUT2D eigenvalue weighted by molar-refractivity contribution is 6.30. The fraction of sp³-hybridized carbons (Fsp3) is 0.417. The summed E-state index contributed by atoms with van der Waals surface area (Å²) in [5.41, 5.74) is 1.05. The first kappa shape index (κ1) is 12.7. The minimum atomic E-state index is -0.0679. The van der Waals surface area contributed by atoms with Crippen LogP contribution in [0.1, 0.15) is 5.56 Å². The van der Waals surface area contributed by atoms with Gasteiger partial charge >= 0.3 is 0 Å². The van der Waals surface area contributed by atoms with Crippen molar-refractivity contribution in [3.05, 3.63) is 34.9 Å². The van der Waals surface area contributed by atoms with Gasteiger partial charge in [-0.1, -0.05) is 23.7 Å². The summed E-state index contributed by atoms with van der Waals surface area (Å²) in [6, 6.07) is 7.48. The maximum Gasteiger partial charge on any atom is 0.248 e. The summed E-state index contributed by atoms with van der Waals surface area (Å²) >= 11 is 11.5. The fourth-order valence-electron chi connectivity index (χ4n) is 1.74. The van der Waals surface area contributed by atoms with E-state index in [1.807, 2.05) is 24.3 Å². The molecular formula is C12H13Cl2NO2. The van der Waals surface area contributed by atoms with Crippen LogP contribution >= 0.6 is 23.2 Å². The number of carbonyl (C=O) groups excluding carboxylic acids is 1. The minimum absolute atomic E-state index is 0.00122. The molecule has 1 atom stereocenters. The fourth-order valence-corrected chi connectivity index (χ4v) is 2.05. The highest BCUT2D eigenvalue weighted by Gasteiger charge is 2.25. The maximum absolute atomic E-state index is 11.7. The number of ether oxygens (including phenoxy) is 1. The van der Waals surface area contributed by atoms with Gasteiger partial charge in [-0.3, -0.25) is 4.79 Å². The number of amides is 1. The van der Waals surface area contributed by atoms with Gasteiger partial charge in [0.05, 0.1) is 12.0 Å². The third kappa shape index (κ3) is 3.35. The maximum atomic E-state index is 11.7. The highest BCUT2D eigenvalue weighted by atomic mass is 35.5.